The summed E-state index contributed by atoms with van der Waals surface area (Å²) in [6.07, 6.45) is 1.79. The van der Waals surface area contributed by atoms with Crippen molar-refractivity contribution in [1.82, 2.24) is 3.97 Å². The van der Waals surface area contributed by atoms with E-state index >= 15 is 0 Å². The number of benzene rings is 2. The van der Waals surface area contributed by atoms with Crippen LogP contribution in [0.3, 0.4) is 0 Å². The van der Waals surface area contributed by atoms with Crippen LogP contribution in [0.2, 0.25) is 0 Å². The van der Waals surface area contributed by atoms with Crippen LogP contribution in [0.1, 0.15) is 0 Å². The number of hydrogen-bond acceptors (Lipinski definition) is 6. The summed E-state index contributed by atoms with van der Waals surface area (Å²) in [5, 5.41) is 17.3. The van der Waals surface area contributed by atoms with E-state index in [-0.39, 0.29) is 0 Å². The third-order valence-electron chi connectivity index (χ3n) is 5.09. The highest BCUT2D eigenvalue weighted by Gasteiger charge is 2.25. The second-order valence-electron chi connectivity index (χ2n) is 7.18. The Bertz CT molecular complexity index is 1170. The van der Waals surface area contributed by atoms with Crippen LogP contribution in [-0.4, -0.2) is 62.7 Å². The van der Waals surface area contributed by atoms with Crippen molar-refractivity contribution in [2.75, 3.05) is 38.1 Å². The van der Waals surface area contributed by atoms with Crippen molar-refractivity contribution in [3.63, 3.8) is 0 Å². The van der Waals surface area contributed by atoms with Crippen LogP contribution in [0.5, 0.6) is 0 Å². The fourth-order valence-corrected chi connectivity index (χ4v) is 4.80. The third-order valence-corrected chi connectivity index (χ3v) is 6.78. The highest BCUT2D eigenvalue weighted by molar-refractivity contribution is 7.90. The molecule has 0 radical (unpaired) electrons. The summed E-state index contributed by atoms with van der Waals surface area (Å²) in [5.74, 6) is -4.01. The van der Waals surface area contributed by atoms with Crippen LogP contribution >= 0.6 is 0 Å². The number of anilines is 1. The van der Waals surface area contributed by atoms with Gasteiger partial charge in [-0.3, -0.25) is 0 Å². The van der Waals surface area contributed by atoms with Gasteiger partial charge in [0, 0.05) is 11.6 Å². The quantitative estimate of drug-likeness (QED) is 0.497. The number of rotatable bonds is 3. The van der Waals surface area contributed by atoms with Gasteiger partial charge in [0.25, 0.3) is 10.0 Å². The van der Waals surface area contributed by atoms with Crippen molar-refractivity contribution < 1.29 is 33.1 Å². The van der Waals surface area contributed by atoms with Gasteiger partial charge in [-0.1, -0.05) is 36.4 Å². The fraction of sp³-hybridized carbons (Fsp3) is 0.238. The highest BCUT2D eigenvalue weighted by Crippen LogP contribution is 2.32. The first kappa shape index (κ1) is 22.3. The van der Waals surface area contributed by atoms with Crippen LogP contribution in [-0.2, 0) is 19.6 Å². The zero-order valence-corrected chi connectivity index (χ0v) is 17.7. The topological polar surface area (TPSA) is 124 Å². The van der Waals surface area contributed by atoms with E-state index in [0.717, 1.165) is 42.8 Å². The molecule has 1 aliphatic heterocycles. The molecule has 4 rings (SSSR count). The van der Waals surface area contributed by atoms with Gasteiger partial charge in [0.15, 0.2) is 5.97 Å². The molecule has 0 unspecified atom stereocenters. The van der Waals surface area contributed by atoms with Crippen LogP contribution < -0.4 is 14.9 Å². The number of likely N-dealkylation sites (N-methyl/N-ethyl adjacent to an activating group) is 1. The minimum Gasteiger partial charge on any atom is -0.539 e. The highest BCUT2D eigenvalue weighted by atomic mass is 32.2. The molecule has 2 N–H and O–H groups in total. The first-order chi connectivity index (χ1) is 14.7. The number of nitrogens with zero attached hydrogens (tertiary/aromatic N) is 2. The second-order valence-corrected chi connectivity index (χ2v) is 9.00. The Kier molecular flexibility index (Phi) is 6.62. The fourth-order valence-electron chi connectivity index (χ4n) is 3.42. The Morgan fingerprint density at radius 3 is 2.13 bits per heavy atom. The molecule has 3 aromatic rings. The molecule has 0 amide bonds. The number of para-hydroxylation sites is 1. The Balaban J connectivity index is 0.000000401. The number of fused-ring (bicyclic) bond motifs is 1. The van der Waals surface area contributed by atoms with Crippen LogP contribution in [0.25, 0.3) is 10.9 Å². The average Bonchev–Trinajstić information content (AvgIpc) is 3.16. The largest absolute Gasteiger partial charge is 0.539 e. The smallest absolute Gasteiger partial charge is 0.351 e. The number of carboxylic acids is 2. The van der Waals surface area contributed by atoms with E-state index in [1.54, 1.807) is 30.5 Å². The predicted molar refractivity (Wildman–Crippen MR) is 112 cm³/mol. The third kappa shape index (κ3) is 4.86. The maximum atomic E-state index is 13.1. The van der Waals surface area contributed by atoms with Gasteiger partial charge < -0.3 is 24.8 Å². The molecule has 2 heterocycles. The zero-order chi connectivity index (χ0) is 22.6. The summed E-state index contributed by atoms with van der Waals surface area (Å²) in [4.78, 5) is 22.1. The van der Waals surface area contributed by atoms with Gasteiger partial charge in [-0.2, -0.15) is 0 Å². The summed E-state index contributed by atoms with van der Waals surface area (Å²) in [5.41, 5.74) is 1.73. The molecular weight excluding hydrogens is 422 g/mol. The summed E-state index contributed by atoms with van der Waals surface area (Å²) in [7, 11) is -1.41. The summed E-state index contributed by atoms with van der Waals surface area (Å²) < 4.78 is 27.7. The van der Waals surface area contributed by atoms with Gasteiger partial charge in [-0.15, -0.1) is 0 Å². The average molecular weight is 445 g/mol. The number of aromatic nitrogens is 1. The monoisotopic (exact) mass is 445 g/mol. The molecule has 0 aliphatic carbocycles. The number of carboxylic acid groups (broad SMARTS) is 2. The molecule has 0 bridgehead atoms. The van der Waals surface area contributed by atoms with E-state index in [9.17, 15) is 8.42 Å². The lowest BCUT2D eigenvalue weighted by Gasteiger charge is -2.31. The molecule has 2 aromatic carbocycles. The molecule has 9 nitrogen and oxygen atoms in total. The number of carbonyl (C=O) groups excluding carboxylic acids is 1. The number of hydrogen-bond donors (Lipinski definition) is 2. The molecule has 164 valence electrons. The standard InChI is InChI=1S/C19H21N3O2S.C2H2O4/c1-20-11-13-21(14-12-20)19-15-22(18-10-6-5-9-17(18)19)25(23,24)16-7-3-2-4-8-16;3-1(4)2(5)6/h2-10,15H,11-14H2,1H3;(H,3,4)(H,5,6). The van der Waals surface area contributed by atoms with Crippen molar-refractivity contribution in [3.05, 3.63) is 60.8 Å². The Hall–Kier alpha value is -3.37. The number of piperazine rings is 1. The minimum absolute atomic E-state index is 0.310. The zero-order valence-electron chi connectivity index (χ0n) is 16.9. The van der Waals surface area contributed by atoms with Crippen molar-refractivity contribution in [1.29, 1.82) is 0 Å². The van der Waals surface area contributed by atoms with Crippen LogP contribution in [0, 0.1) is 0 Å². The van der Waals surface area contributed by atoms with Crippen molar-refractivity contribution in [2.24, 2.45) is 0 Å². The lowest BCUT2D eigenvalue weighted by Crippen LogP contribution is -3.12. The van der Waals surface area contributed by atoms with Crippen LogP contribution in [0.4, 0.5) is 5.69 Å². The molecule has 0 saturated carbocycles. The first-order valence-electron chi connectivity index (χ1n) is 9.63. The number of carbonyl (C=O) groups is 2. The Labute approximate surface area is 179 Å². The van der Waals surface area contributed by atoms with Crippen molar-refractivity contribution >= 4 is 38.6 Å². The first-order valence-corrected chi connectivity index (χ1v) is 11.1. The Morgan fingerprint density at radius 2 is 1.55 bits per heavy atom. The van der Waals surface area contributed by atoms with Crippen LogP contribution in [0.15, 0.2) is 65.7 Å². The molecule has 0 spiro atoms. The normalized spacial score (nSPS) is 14.7. The molecule has 10 heteroatoms. The van der Waals surface area contributed by atoms with E-state index < -0.39 is 22.0 Å². The summed E-state index contributed by atoms with van der Waals surface area (Å²) in [6.45, 7) is 3.99. The number of aliphatic carboxylic acids is 2. The lowest BCUT2D eigenvalue weighted by atomic mass is 10.2. The van der Waals surface area contributed by atoms with Crippen molar-refractivity contribution in [3.8, 4) is 0 Å². The SMILES string of the molecule is C[NH+]1CCN(c2cn(S(=O)(=O)c3ccccc3)c3ccccc23)CC1.O=C([O-])C(=O)O. The van der Waals surface area contributed by atoms with Gasteiger partial charge in [0.05, 0.1) is 49.3 Å². The van der Waals surface area contributed by atoms with Gasteiger partial charge in [-0.05, 0) is 18.2 Å². The maximum Gasteiger partial charge on any atom is 0.351 e. The summed E-state index contributed by atoms with van der Waals surface area (Å²) in [6, 6.07) is 16.3. The van der Waals surface area contributed by atoms with Gasteiger partial charge >= 0.3 is 5.97 Å². The predicted octanol–water partition coefficient (Wildman–Crippen LogP) is -0.966. The van der Waals surface area contributed by atoms with Gasteiger partial charge in [-0.25, -0.2) is 17.2 Å². The maximum absolute atomic E-state index is 13.1. The lowest BCUT2D eigenvalue weighted by molar-refractivity contribution is -0.880. The van der Waals surface area contributed by atoms with E-state index in [1.165, 1.54) is 8.87 Å². The van der Waals surface area contributed by atoms with E-state index in [0.29, 0.717) is 4.90 Å². The van der Waals surface area contributed by atoms with E-state index in [4.69, 9.17) is 19.8 Å². The molecule has 0 atom stereocenters. The number of quaternary nitrogens is 1. The molecule has 1 fully saturated rings. The minimum atomic E-state index is -3.61. The molecule has 1 aliphatic rings. The van der Waals surface area contributed by atoms with E-state index in [1.807, 2.05) is 30.3 Å². The molecular formula is C21H23N3O6S. The van der Waals surface area contributed by atoms with Gasteiger partial charge in [0.2, 0.25) is 0 Å². The Morgan fingerprint density at radius 1 is 1.00 bits per heavy atom. The molecule has 1 aromatic heterocycles. The van der Waals surface area contributed by atoms with E-state index in [2.05, 4.69) is 11.9 Å². The summed E-state index contributed by atoms with van der Waals surface area (Å²) >= 11 is 0. The van der Waals surface area contributed by atoms with Crippen molar-refractivity contribution in [2.45, 2.75) is 4.90 Å². The number of nitrogens with one attached hydrogen (secondary N) is 1. The molecule has 31 heavy (non-hydrogen) atoms. The molecule has 1 saturated heterocycles. The second kappa shape index (κ2) is 9.19. The van der Waals surface area contributed by atoms with Gasteiger partial charge in [0.1, 0.15) is 0 Å².